The minimum Gasteiger partial charge on any atom is -0.489 e. The first-order valence-corrected chi connectivity index (χ1v) is 8.21. The van der Waals surface area contributed by atoms with Crippen LogP contribution in [0.5, 0.6) is 5.75 Å². The van der Waals surface area contributed by atoms with E-state index < -0.39 is 0 Å². The van der Waals surface area contributed by atoms with Gasteiger partial charge in [0, 0.05) is 15.9 Å². The van der Waals surface area contributed by atoms with Crippen molar-refractivity contribution in [2.24, 2.45) is 0 Å². The highest BCUT2D eigenvalue weighted by molar-refractivity contribution is 9.08. The van der Waals surface area contributed by atoms with Gasteiger partial charge in [-0.15, -0.1) is 0 Å². The average Bonchev–Trinajstić information content (AvgIpc) is 2.53. The summed E-state index contributed by atoms with van der Waals surface area (Å²) in [6, 6.07) is 20.2. The molecular formula is C18H14BrClO. The van der Waals surface area contributed by atoms with Gasteiger partial charge in [-0.1, -0.05) is 70.0 Å². The number of rotatable bonds is 4. The number of fused-ring (bicyclic) bond motifs is 1. The number of hydrogen-bond acceptors (Lipinski definition) is 1. The van der Waals surface area contributed by atoms with Crippen molar-refractivity contribution < 1.29 is 4.74 Å². The lowest BCUT2D eigenvalue weighted by Crippen LogP contribution is -1.98. The maximum atomic E-state index is 5.99. The Bertz CT molecular complexity index is 753. The zero-order valence-electron chi connectivity index (χ0n) is 11.4. The minimum atomic E-state index is 0.537. The third kappa shape index (κ3) is 3.22. The summed E-state index contributed by atoms with van der Waals surface area (Å²) in [6.07, 6.45) is 0. The van der Waals surface area contributed by atoms with E-state index >= 15 is 0 Å². The van der Waals surface area contributed by atoms with Crippen molar-refractivity contribution >= 4 is 38.3 Å². The SMILES string of the molecule is Clc1ccc(COc2ccc3ccccc3c2CBr)cc1. The summed E-state index contributed by atoms with van der Waals surface area (Å²) in [5.74, 6) is 0.917. The molecular weight excluding hydrogens is 348 g/mol. The first-order valence-electron chi connectivity index (χ1n) is 6.72. The van der Waals surface area contributed by atoms with Crippen molar-refractivity contribution in [1.82, 2.24) is 0 Å². The van der Waals surface area contributed by atoms with Crippen molar-refractivity contribution in [2.45, 2.75) is 11.9 Å². The molecule has 0 heterocycles. The Hall–Kier alpha value is -1.51. The van der Waals surface area contributed by atoms with E-state index in [1.165, 1.54) is 16.3 Å². The maximum Gasteiger partial charge on any atom is 0.124 e. The van der Waals surface area contributed by atoms with Gasteiger partial charge < -0.3 is 4.74 Å². The van der Waals surface area contributed by atoms with Gasteiger partial charge in [-0.2, -0.15) is 0 Å². The molecule has 0 fully saturated rings. The zero-order chi connectivity index (χ0) is 14.7. The Labute approximate surface area is 137 Å². The lowest BCUT2D eigenvalue weighted by atomic mass is 10.0. The van der Waals surface area contributed by atoms with Crippen LogP contribution in [0.15, 0.2) is 60.7 Å². The summed E-state index contributed by atoms with van der Waals surface area (Å²) in [4.78, 5) is 0. The summed E-state index contributed by atoms with van der Waals surface area (Å²) in [6.45, 7) is 0.537. The summed E-state index contributed by atoms with van der Waals surface area (Å²) >= 11 is 9.46. The van der Waals surface area contributed by atoms with Gasteiger partial charge in [0.1, 0.15) is 12.4 Å². The molecule has 3 heteroatoms. The molecule has 0 aliphatic rings. The molecule has 0 aliphatic heterocycles. The van der Waals surface area contributed by atoms with E-state index in [0.29, 0.717) is 6.61 Å². The molecule has 0 saturated heterocycles. The Balaban J connectivity index is 1.88. The number of halogens is 2. The monoisotopic (exact) mass is 360 g/mol. The molecule has 0 radical (unpaired) electrons. The van der Waals surface area contributed by atoms with E-state index in [0.717, 1.165) is 21.7 Å². The lowest BCUT2D eigenvalue weighted by Gasteiger charge is -2.13. The predicted octanol–water partition coefficient (Wildman–Crippen LogP) is 5.97. The van der Waals surface area contributed by atoms with Crippen LogP contribution in [0, 0.1) is 0 Å². The number of benzene rings is 3. The average molecular weight is 362 g/mol. The molecule has 0 saturated carbocycles. The summed E-state index contributed by atoms with van der Waals surface area (Å²) in [7, 11) is 0. The van der Waals surface area contributed by atoms with Gasteiger partial charge in [0.2, 0.25) is 0 Å². The Morgan fingerprint density at radius 3 is 2.43 bits per heavy atom. The topological polar surface area (TPSA) is 9.23 Å². The normalized spacial score (nSPS) is 10.8. The largest absolute Gasteiger partial charge is 0.489 e. The molecule has 0 bridgehead atoms. The maximum absolute atomic E-state index is 5.99. The van der Waals surface area contributed by atoms with Crippen LogP contribution in [-0.2, 0) is 11.9 Å². The van der Waals surface area contributed by atoms with Crippen LogP contribution in [0.4, 0.5) is 0 Å². The van der Waals surface area contributed by atoms with E-state index in [4.69, 9.17) is 16.3 Å². The van der Waals surface area contributed by atoms with Crippen molar-refractivity contribution in [3.05, 3.63) is 76.8 Å². The van der Waals surface area contributed by atoms with Crippen LogP contribution in [0.3, 0.4) is 0 Å². The molecule has 0 aromatic heterocycles. The Morgan fingerprint density at radius 2 is 1.67 bits per heavy atom. The predicted molar refractivity (Wildman–Crippen MR) is 92.4 cm³/mol. The Kier molecular flexibility index (Phi) is 4.47. The molecule has 3 rings (SSSR count). The van der Waals surface area contributed by atoms with Crippen molar-refractivity contribution in [3.8, 4) is 5.75 Å². The highest BCUT2D eigenvalue weighted by Gasteiger charge is 2.07. The molecule has 0 spiro atoms. The second-order valence-electron chi connectivity index (χ2n) is 4.81. The summed E-state index contributed by atoms with van der Waals surface area (Å²) < 4.78 is 5.99. The standard InChI is InChI=1S/C18H14BrClO/c19-11-17-16-4-2-1-3-14(16)7-10-18(17)21-12-13-5-8-15(20)9-6-13/h1-10H,11-12H2. The third-order valence-corrected chi connectivity index (χ3v) is 4.25. The van der Waals surface area contributed by atoms with Crippen molar-refractivity contribution in [1.29, 1.82) is 0 Å². The van der Waals surface area contributed by atoms with E-state index in [2.05, 4.69) is 46.3 Å². The highest BCUT2D eigenvalue weighted by Crippen LogP contribution is 2.30. The van der Waals surface area contributed by atoms with Crippen LogP contribution >= 0.6 is 27.5 Å². The molecule has 0 unspecified atom stereocenters. The van der Waals surface area contributed by atoms with Gasteiger partial charge >= 0.3 is 0 Å². The van der Waals surface area contributed by atoms with E-state index in [1.54, 1.807) is 0 Å². The third-order valence-electron chi connectivity index (χ3n) is 3.44. The van der Waals surface area contributed by atoms with Gasteiger partial charge in [-0.05, 0) is 34.5 Å². The van der Waals surface area contributed by atoms with E-state index in [1.807, 2.05) is 30.3 Å². The second-order valence-corrected chi connectivity index (χ2v) is 5.81. The minimum absolute atomic E-state index is 0.537. The molecule has 0 N–H and O–H groups in total. The van der Waals surface area contributed by atoms with Crippen LogP contribution in [0.1, 0.15) is 11.1 Å². The highest BCUT2D eigenvalue weighted by atomic mass is 79.9. The van der Waals surface area contributed by atoms with Gasteiger partial charge in [0.05, 0.1) is 0 Å². The zero-order valence-corrected chi connectivity index (χ0v) is 13.7. The van der Waals surface area contributed by atoms with Crippen LogP contribution in [-0.4, -0.2) is 0 Å². The van der Waals surface area contributed by atoms with Crippen LogP contribution in [0.25, 0.3) is 10.8 Å². The fraction of sp³-hybridized carbons (Fsp3) is 0.111. The molecule has 106 valence electrons. The van der Waals surface area contributed by atoms with Crippen molar-refractivity contribution in [2.75, 3.05) is 0 Å². The van der Waals surface area contributed by atoms with Gasteiger partial charge in [0.15, 0.2) is 0 Å². The fourth-order valence-corrected chi connectivity index (χ4v) is 3.04. The summed E-state index contributed by atoms with van der Waals surface area (Å²) in [5.41, 5.74) is 2.29. The molecule has 3 aromatic rings. The van der Waals surface area contributed by atoms with E-state index in [-0.39, 0.29) is 0 Å². The van der Waals surface area contributed by atoms with Crippen LogP contribution < -0.4 is 4.74 Å². The first-order chi connectivity index (χ1) is 10.3. The summed E-state index contributed by atoms with van der Waals surface area (Å²) in [5, 5.41) is 3.96. The molecule has 21 heavy (non-hydrogen) atoms. The molecule has 0 amide bonds. The first kappa shape index (κ1) is 14.4. The Morgan fingerprint density at radius 1 is 0.905 bits per heavy atom. The number of hydrogen-bond donors (Lipinski definition) is 0. The fourth-order valence-electron chi connectivity index (χ4n) is 2.33. The second kappa shape index (κ2) is 6.50. The smallest absolute Gasteiger partial charge is 0.124 e. The van der Waals surface area contributed by atoms with E-state index in [9.17, 15) is 0 Å². The molecule has 1 nitrogen and oxygen atoms in total. The molecule has 0 aliphatic carbocycles. The van der Waals surface area contributed by atoms with Gasteiger partial charge in [-0.25, -0.2) is 0 Å². The number of ether oxygens (including phenoxy) is 1. The lowest BCUT2D eigenvalue weighted by molar-refractivity contribution is 0.304. The van der Waals surface area contributed by atoms with Gasteiger partial charge in [0.25, 0.3) is 0 Å². The van der Waals surface area contributed by atoms with Crippen molar-refractivity contribution in [3.63, 3.8) is 0 Å². The van der Waals surface area contributed by atoms with Crippen LogP contribution in [0.2, 0.25) is 5.02 Å². The molecule has 3 aromatic carbocycles. The number of alkyl halides is 1. The quantitative estimate of drug-likeness (QED) is 0.520. The van der Waals surface area contributed by atoms with Gasteiger partial charge in [-0.3, -0.25) is 0 Å². The molecule has 0 atom stereocenters.